The molecule has 0 radical (unpaired) electrons. The van der Waals surface area contributed by atoms with Gasteiger partial charge in [0.25, 0.3) is 5.91 Å². The molecule has 3 rings (SSSR count). The van der Waals surface area contributed by atoms with Gasteiger partial charge in [0.1, 0.15) is 5.82 Å². The number of benzene rings is 1. The van der Waals surface area contributed by atoms with Crippen molar-refractivity contribution >= 4 is 22.6 Å². The zero-order valence-corrected chi connectivity index (χ0v) is 11.6. The van der Waals surface area contributed by atoms with Gasteiger partial charge in [0, 0.05) is 11.4 Å². The number of aromatic nitrogens is 1. The molecule has 4 heteroatoms. The minimum atomic E-state index is -0.0469. The number of carbonyl (C=O) groups is 1. The largest absolute Gasteiger partial charge is 0.384 e. The van der Waals surface area contributed by atoms with Gasteiger partial charge < -0.3 is 11.1 Å². The molecule has 1 saturated carbocycles. The van der Waals surface area contributed by atoms with Crippen LogP contribution in [0.2, 0.25) is 0 Å². The molecule has 3 N–H and O–H groups in total. The van der Waals surface area contributed by atoms with Crippen molar-refractivity contribution in [2.75, 3.05) is 5.73 Å². The Morgan fingerprint density at radius 1 is 1.35 bits per heavy atom. The first-order valence-corrected chi connectivity index (χ1v) is 7.09. The van der Waals surface area contributed by atoms with Crippen molar-refractivity contribution in [2.45, 2.75) is 32.2 Å². The Bertz CT molecular complexity index is 653. The molecule has 1 aromatic heterocycles. The Hall–Kier alpha value is -2.10. The lowest BCUT2D eigenvalue weighted by atomic mass is 10.1. The van der Waals surface area contributed by atoms with Gasteiger partial charge in [-0.3, -0.25) is 4.79 Å². The number of para-hydroxylation sites is 1. The summed E-state index contributed by atoms with van der Waals surface area (Å²) >= 11 is 0. The lowest BCUT2D eigenvalue weighted by molar-refractivity contribution is 0.0939. The molecule has 20 heavy (non-hydrogen) atoms. The highest BCUT2D eigenvalue weighted by atomic mass is 16.1. The van der Waals surface area contributed by atoms with Gasteiger partial charge in [-0.15, -0.1) is 0 Å². The Morgan fingerprint density at radius 2 is 2.15 bits per heavy atom. The van der Waals surface area contributed by atoms with E-state index in [1.807, 2.05) is 24.3 Å². The minimum absolute atomic E-state index is 0.0469. The average Bonchev–Trinajstić information content (AvgIpc) is 2.83. The standard InChI is InChI=1S/C16H19N3O/c1-10-6-7-11(8-10)18-16(20)13-9-15(17)19-14-5-3-2-4-12(13)14/h2-5,9-11H,6-8H2,1H3,(H2,17,19)(H,18,20). The number of nitrogens with one attached hydrogen (secondary N) is 1. The van der Waals surface area contributed by atoms with Gasteiger partial charge in [0.15, 0.2) is 0 Å². The van der Waals surface area contributed by atoms with Gasteiger partial charge in [-0.1, -0.05) is 25.1 Å². The second kappa shape index (κ2) is 5.12. The molecule has 2 aromatic rings. The molecule has 104 valence electrons. The Labute approximate surface area is 118 Å². The van der Waals surface area contributed by atoms with E-state index in [0.29, 0.717) is 17.3 Å². The average molecular weight is 269 g/mol. The second-order valence-electron chi connectivity index (χ2n) is 5.70. The SMILES string of the molecule is CC1CCC(NC(=O)c2cc(N)nc3ccccc23)C1. The van der Waals surface area contributed by atoms with Crippen LogP contribution in [0.25, 0.3) is 10.9 Å². The van der Waals surface area contributed by atoms with Crippen LogP contribution in [0.1, 0.15) is 36.5 Å². The van der Waals surface area contributed by atoms with Gasteiger partial charge in [-0.25, -0.2) is 4.98 Å². The predicted octanol–water partition coefficient (Wildman–Crippen LogP) is 2.74. The zero-order chi connectivity index (χ0) is 14.1. The number of hydrogen-bond donors (Lipinski definition) is 2. The Morgan fingerprint density at radius 3 is 2.90 bits per heavy atom. The van der Waals surface area contributed by atoms with Crippen molar-refractivity contribution in [3.05, 3.63) is 35.9 Å². The molecule has 1 fully saturated rings. The fraction of sp³-hybridized carbons (Fsp3) is 0.375. The lowest BCUT2D eigenvalue weighted by Crippen LogP contribution is -2.33. The molecule has 1 aromatic carbocycles. The quantitative estimate of drug-likeness (QED) is 0.880. The van der Waals surface area contributed by atoms with Crippen LogP contribution in [0.4, 0.5) is 5.82 Å². The predicted molar refractivity (Wildman–Crippen MR) is 80.4 cm³/mol. The number of nitrogen functional groups attached to an aromatic ring is 1. The van der Waals surface area contributed by atoms with E-state index < -0.39 is 0 Å². The Balaban J connectivity index is 1.91. The normalized spacial score (nSPS) is 22.1. The topological polar surface area (TPSA) is 68.0 Å². The molecule has 0 bridgehead atoms. The monoisotopic (exact) mass is 269 g/mol. The smallest absolute Gasteiger partial charge is 0.252 e. The number of hydrogen-bond acceptors (Lipinski definition) is 3. The zero-order valence-electron chi connectivity index (χ0n) is 11.6. The molecule has 0 saturated heterocycles. The maximum absolute atomic E-state index is 12.5. The maximum Gasteiger partial charge on any atom is 0.252 e. The van der Waals surface area contributed by atoms with Crippen LogP contribution in [-0.2, 0) is 0 Å². The lowest BCUT2D eigenvalue weighted by Gasteiger charge is -2.14. The third-order valence-electron chi connectivity index (χ3n) is 4.01. The molecule has 1 aliphatic carbocycles. The van der Waals surface area contributed by atoms with Crippen LogP contribution in [0.5, 0.6) is 0 Å². The van der Waals surface area contributed by atoms with E-state index in [1.54, 1.807) is 6.07 Å². The van der Waals surface area contributed by atoms with Crippen LogP contribution < -0.4 is 11.1 Å². The summed E-state index contributed by atoms with van der Waals surface area (Å²) in [5, 5.41) is 3.97. The first kappa shape index (κ1) is 12.9. The number of nitrogens with two attached hydrogens (primary N) is 1. The third kappa shape index (κ3) is 2.46. The van der Waals surface area contributed by atoms with Crippen LogP contribution in [0.15, 0.2) is 30.3 Å². The van der Waals surface area contributed by atoms with E-state index in [9.17, 15) is 4.79 Å². The molecule has 1 heterocycles. The number of anilines is 1. The van der Waals surface area contributed by atoms with Gasteiger partial charge in [0.05, 0.1) is 11.1 Å². The van der Waals surface area contributed by atoms with E-state index in [0.717, 1.165) is 23.7 Å². The summed E-state index contributed by atoms with van der Waals surface area (Å²) in [4.78, 5) is 16.7. The summed E-state index contributed by atoms with van der Waals surface area (Å²) in [6.07, 6.45) is 3.31. The maximum atomic E-state index is 12.5. The summed E-state index contributed by atoms with van der Waals surface area (Å²) in [6, 6.07) is 9.54. The Kier molecular flexibility index (Phi) is 3.30. The second-order valence-corrected chi connectivity index (χ2v) is 5.70. The van der Waals surface area contributed by atoms with Crippen LogP contribution >= 0.6 is 0 Å². The van der Waals surface area contributed by atoms with Crippen LogP contribution in [0.3, 0.4) is 0 Å². The molecule has 1 aliphatic rings. The molecular formula is C16H19N3O. The highest BCUT2D eigenvalue weighted by Crippen LogP contribution is 2.26. The molecular weight excluding hydrogens is 250 g/mol. The summed E-state index contributed by atoms with van der Waals surface area (Å²) in [6.45, 7) is 2.23. The van der Waals surface area contributed by atoms with E-state index in [-0.39, 0.29) is 11.9 Å². The van der Waals surface area contributed by atoms with Crippen molar-refractivity contribution < 1.29 is 4.79 Å². The van der Waals surface area contributed by atoms with Crippen molar-refractivity contribution in [3.8, 4) is 0 Å². The van der Waals surface area contributed by atoms with Gasteiger partial charge in [-0.2, -0.15) is 0 Å². The molecule has 0 aliphatic heterocycles. The number of fused-ring (bicyclic) bond motifs is 1. The third-order valence-corrected chi connectivity index (χ3v) is 4.01. The van der Waals surface area contributed by atoms with E-state index in [2.05, 4.69) is 17.2 Å². The van der Waals surface area contributed by atoms with Crippen molar-refractivity contribution in [3.63, 3.8) is 0 Å². The summed E-state index contributed by atoms with van der Waals surface area (Å²) in [5.74, 6) is 1.03. The summed E-state index contributed by atoms with van der Waals surface area (Å²) in [5.41, 5.74) is 7.18. The highest BCUT2D eigenvalue weighted by Gasteiger charge is 2.23. The summed E-state index contributed by atoms with van der Waals surface area (Å²) < 4.78 is 0. The molecule has 2 unspecified atom stereocenters. The van der Waals surface area contributed by atoms with Crippen molar-refractivity contribution in [2.24, 2.45) is 5.92 Å². The van der Waals surface area contributed by atoms with Gasteiger partial charge in [-0.05, 0) is 37.3 Å². The van der Waals surface area contributed by atoms with Gasteiger partial charge >= 0.3 is 0 Å². The summed E-state index contributed by atoms with van der Waals surface area (Å²) in [7, 11) is 0. The fourth-order valence-corrected chi connectivity index (χ4v) is 2.99. The number of carbonyl (C=O) groups excluding carboxylic acids is 1. The van der Waals surface area contributed by atoms with Crippen LogP contribution in [-0.4, -0.2) is 16.9 Å². The highest BCUT2D eigenvalue weighted by molar-refractivity contribution is 6.07. The minimum Gasteiger partial charge on any atom is -0.384 e. The van der Waals surface area contributed by atoms with E-state index in [4.69, 9.17) is 5.73 Å². The fourth-order valence-electron chi connectivity index (χ4n) is 2.99. The van der Waals surface area contributed by atoms with Crippen molar-refractivity contribution in [1.29, 1.82) is 0 Å². The van der Waals surface area contributed by atoms with Gasteiger partial charge in [0.2, 0.25) is 0 Å². The number of pyridine rings is 1. The van der Waals surface area contributed by atoms with E-state index >= 15 is 0 Å². The number of rotatable bonds is 2. The van der Waals surface area contributed by atoms with Crippen LogP contribution in [0, 0.1) is 5.92 Å². The number of amides is 1. The number of nitrogens with zero attached hydrogens (tertiary/aromatic N) is 1. The first-order chi connectivity index (χ1) is 9.63. The van der Waals surface area contributed by atoms with Crippen molar-refractivity contribution in [1.82, 2.24) is 10.3 Å². The first-order valence-electron chi connectivity index (χ1n) is 7.09. The molecule has 0 spiro atoms. The molecule has 1 amide bonds. The molecule has 4 nitrogen and oxygen atoms in total. The molecule has 2 atom stereocenters. The van der Waals surface area contributed by atoms with E-state index in [1.165, 1.54) is 6.42 Å².